The van der Waals surface area contributed by atoms with E-state index >= 15 is 0 Å². The van der Waals surface area contributed by atoms with Gasteiger partial charge in [0.05, 0.1) is 6.04 Å². The Morgan fingerprint density at radius 2 is 1.88 bits per heavy atom. The number of rotatable bonds is 6. The Balaban J connectivity index is 1.53. The maximum atomic E-state index is 13.7. The van der Waals surface area contributed by atoms with E-state index in [-0.39, 0.29) is 36.5 Å². The molecular formula is C26H34ClN3O2S. The molecule has 0 unspecified atom stereocenters. The smallest absolute Gasteiger partial charge is 0.318 e. The number of thiophene rings is 1. The van der Waals surface area contributed by atoms with Crippen molar-refractivity contribution in [2.45, 2.75) is 64.5 Å². The number of carbonyl (C=O) groups excluding carboxylic acids is 2. The maximum Gasteiger partial charge on any atom is 0.318 e. The van der Waals surface area contributed by atoms with E-state index in [2.05, 4.69) is 30.6 Å². The Kier molecular flexibility index (Phi) is 7.97. The molecule has 1 aliphatic carbocycles. The van der Waals surface area contributed by atoms with Crippen LogP contribution in [0.1, 0.15) is 68.0 Å². The quantitative estimate of drug-likeness (QED) is 0.553. The predicted octanol–water partition coefficient (Wildman–Crippen LogP) is 5.88. The summed E-state index contributed by atoms with van der Waals surface area (Å²) in [4.78, 5) is 31.8. The minimum Gasteiger partial charge on any atom is -0.335 e. The van der Waals surface area contributed by atoms with E-state index < -0.39 is 0 Å². The van der Waals surface area contributed by atoms with Crippen molar-refractivity contribution in [1.29, 1.82) is 0 Å². The molecule has 2 aromatic rings. The first-order valence-corrected chi connectivity index (χ1v) is 13.3. The third-order valence-electron chi connectivity index (χ3n) is 6.60. The van der Waals surface area contributed by atoms with Crippen LogP contribution in [0.2, 0.25) is 5.02 Å². The lowest BCUT2D eigenvalue weighted by Gasteiger charge is -2.38. The molecule has 5 nitrogen and oxygen atoms in total. The Labute approximate surface area is 206 Å². The molecule has 1 atom stereocenters. The molecule has 0 radical (unpaired) electrons. The van der Waals surface area contributed by atoms with E-state index in [0.717, 1.165) is 37.7 Å². The van der Waals surface area contributed by atoms with E-state index in [0.29, 0.717) is 18.1 Å². The molecule has 3 amide bonds. The molecule has 4 rings (SSSR count). The highest BCUT2D eigenvalue weighted by Crippen LogP contribution is 2.38. The van der Waals surface area contributed by atoms with Crippen LogP contribution in [-0.4, -0.2) is 47.4 Å². The molecule has 1 saturated carbocycles. The van der Waals surface area contributed by atoms with Gasteiger partial charge in [0.15, 0.2) is 0 Å². The van der Waals surface area contributed by atoms with Crippen molar-refractivity contribution in [2.24, 2.45) is 5.92 Å². The Morgan fingerprint density at radius 3 is 2.58 bits per heavy atom. The number of nitrogens with one attached hydrogen (secondary N) is 1. The number of fused-ring (bicyclic) bond motifs is 1. The number of amides is 3. The van der Waals surface area contributed by atoms with E-state index in [1.807, 2.05) is 29.2 Å². The summed E-state index contributed by atoms with van der Waals surface area (Å²) >= 11 is 7.88. The highest BCUT2D eigenvalue weighted by molar-refractivity contribution is 7.10. The largest absolute Gasteiger partial charge is 0.335 e. The summed E-state index contributed by atoms with van der Waals surface area (Å²) in [6, 6.07) is 9.85. The average molecular weight is 488 g/mol. The molecule has 0 bridgehead atoms. The number of nitrogens with zero attached hydrogens (tertiary/aromatic N) is 2. The van der Waals surface area contributed by atoms with E-state index in [9.17, 15) is 9.59 Å². The summed E-state index contributed by atoms with van der Waals surface area (Å²) in [5.41, 5.74) is 2.23. The summed E-state index contributed by atoms with van der Waals surface area (Å²) in [5, 5.41) is 5.98. The van der Waals surface area contributed by atoms with Crippen molar-refractivity contribution in [3.63, 3.8) is 0 Å². The van der Waals surface area contributed by atoms with Crippen LogP contribution in [0.25, 0.3) is 0 Å². The van der Waals surface area contributed by atoms with Crippen LogP contribution < -0.4 is 5.32 Å². The Bertz CT molecular complexity index is 953. The van der Waals surface area contributed by atoms with Gasteiger partial charge in [0.25, 0.3) is 0 Å². The molecule has 0 spiro atoms. The fourth-order valence-electron chi connectivity index (χ4n) is 5.02. The zero-order valence-corrected chi connectivity index (χ0v) is 21.1. The van der Waals surface area contributed by atoms with Gasteiger partial charge in [0, 0.05) is 29.0 Å². The van der Waals surface area contributed by atoms with Crippen LogP contribution in [0.5, 0.6) is 0 Å². The molecule has 7 heteroatoms. The first kappa shape index (κ1) is 24.1. The summed E-state index contributed by atoms with van der Waals surface area (Å²) in [6.07, 6.45) is 6.47. The second-order valence-electron chi connectivity index (χ2n) is 9.65. The third-order valence-corrected chi connectivity index (χ3v) is 7.85. The first-order valence-electron chi connectivity index (χ1n) is 12.1. The number of carbonyl (C=O) groups is 2. The molecule has 1 fully saturated rings. The first-order chi connectivity index (χ1) is 15.9. The lowest BCUT2D eigenvalue weighted by atomic mass is 9.93. The maximum absolute atomic E-state index is 13.7. The molecule has 0 saturated heterocycles. The third kappa shape index (κ3) is 5.90. The molecule has 1 aliphatic heterocycles. The number of benzene rings is 1. The molecule has 1 N–H and O–H groups in total. The Morgan fingerprint density at radius 1 is 1.15 bits per heavy atom. The van der Waals surface area contributed by atoms with Crippen molar-refractivity contribution in [1.82, 2.24) is 15.1 Å². The fourth-order valence-corrected chi connectivity index (χ4v) is 6.05. The minimum atomic E-state index is -0.146. The van der Waals surface area contributed by atoms with Crippen molar-refractivity contribution in [2.75, 3.05) is 19.6 Å². The summed E-state index contributed by atoms with van der Waals surface area (Å²) in [5.74, 6) is 0.276. The standard InChI is InChI=1S/C26H34ClN3O2S/c1-18(2)16-29(26(32)28-21-6-4-3-5-7-21)17-24(31)30-14-12-23-22(13-15-33-23)25(30)19-8-10-20(27)11-9-19/h8-11,13,15,18,21,25H,3-7,12,14,16-17H2,1-2H3,(H,28,32)/t25-/m0/s1. The van der Waals surface area contributed by atoms with Gasteiger partial charge in [-0.1, -0.05) is 56.8 Å². The average Bonchev–Trinajstić information content (AvgIpc) is 3.28. The molecule has 2 aliphatic rings. The molecule has 33 heavy (non-hydrogen) atoms. The zero-order valence-electron chi connectivity index (χ0n) is 19.6. The monoisotopic (exact) mass is 487 g/mol. The van der Waals surface area contributed by atoms with Gasteiger partial charge < -0.3 is 15.1 Å². The van der Waals surface area contributed by atoms with Gasteiger partial charge in [0.1, 0.15) is 6.54 Å². The van der Waals surface area contributed by atoms with Gasteiger partial charge in [-0.2, -0.15) is 0 Å². The normalized spacial score (nSPS) is 18.8. The van der Waals surface area contributed by atoms with Crippen molar-refractivity contribution >= 4 is 34.9 Å². The van der Waals surface area contributed by atoms with Crippen molar-refractivity contribution in [3.8, 4) is 0 Å². The lowest BCUT2D eigenvalue weighted by Crippen LogP contribution is -2.51. The summed E-state index contributed by atoms with van der Waals surface area (Å²) in [7, 11) is 0. The van der Waals surface area contributed by atoms with Gasteiger partial charge in [-0.3, -0.25) is 4.79 Å². The number of halogens is 1. The van der Waals surface area contributed by atoms with Crippen molar-refractivity contribution < 1.29 is 9.59 Å². The van der Waals surface area contributed by atoms with E-state index in [1.54, 1.807) is 16.2 Å². The second kappa shape index (κ2) is 10.9. The fraction of sp³-hybridized carbons (Fsp3) is 0.538. The Hall–Kier alpha value is -2.05. The number of hydrogen-bond acceptors (Lipinski definition) is 3. The van der Waals surface area contributed by atoms with Gasteiger partial charge in [-0.05, 0) is 59.9 Å². The van der Waals surface area contributed by atoms with Gasteiger partial charge >= 0.3 is 6.03 Å². The van der Waals surface area contributed by atoms with Crippen LogP contribution in [0.4, 0.5) is 4.79 Å². The summed E-state index contributed by atoms with van der Waals surface area (Å²) in [6.45, 7) is 5.48. The van der Waals surface area contributed by atoms with Crippen LogP contribution >= 0.6 is 22.9 Å². The zero-order chi connectivity index (χ0) is 23.4. The predicted molar refractivity (Wildman–Crippen MR) is 135 cm³/mol. The van der Waals surface area contributed by atoms with Crippen molar-refractivity contribution in [3.05, 3.63) is 56.7 Å². The lowest BCUT2D eigenvalue weighted by molar-refractivity contribution is -0.134. The van der Waals surface area contributed by atoms with Crippen LogP contribution in [0.15, 0.2) is 35.7 Å². The van der Waals surface area contributed by atoms with E-state index in [4.69, 9.17) is 11.6 Å². The van der Waals surface area contributed by atoms with Crippen LogP contribution in [0, 0.1) is 5.92 Å². The second-order valence-corrected chi connectivity index (χ2v) is 11.1. The number of hydrogen-bond donors (Lipinski definition) is 1. The molecular weight excluding hydrogens is 454 g/mol. The van der Waals surface area contributed by atoms with Gasteiger partial charge in [-0.25, -0.2) is 4.79 Å². The van der Waals surface area contributed by atoms with Gasteiger partial charge in [-0.15, -0.1) is 11.3 Å². The SMILES string of the molecule is CC(C)CN(CC(=O)N1CCc2sccc2[C@@H]1c1ccc(Cl)cc1)C(=O)NC1CCCCC1. The number of urea groups is 1. The topological polar surface area (TPSA) is 52.7 Å². The molecule has 2 heterocycles. The van der Waals surface area contributed by atoms with Crippen LogP contribution in [-0.2, 0) is 11.2 Å². The van der Waals surface area contributed by atoms with Gasteiger partial charge in [0.2, 0.25) is 5.91 Å². The molecule has 1 aromatic carbocycles. The summed E-state index contributed by atoms with van der Waals surface area (Å²) < 4.78 is 0. The van der Waals surface area contributed by atoms with Crippen LogP contribution in [0.3, 0.4) is 0 Å². The molecule has 178 valence electrons. The molecule has 1 aromatic heterocycles. The highest BCUT2D eigenvalue weighted by Gasteiger charge is 2.34. The van der Waals surface area contributed by atoms with E-state index in [1.165, 1.54) is 16.9 Å². The minimum absolute atomic E-state index is 0.00811. The highest BCUT2D eigenvalue weighted by atomic mass is 35.5.